The first-order valence-corrected chi connectivity index (χ1v) is 6.40. The molecule has 1 N–H and O–H groups in total. The highest BCUT2D eigenvalue weighted by Crippen LogP contribution is 2.17. The van der Waals surface area contributed by atoms with Crippen molar-refractivity contribution in [3.8, 4) is 0 Å². The molecule has 1 fully saturated rings. The van der Waals surface area contributed by atoms with Gasteiger partial charge in [-0.1, -0.05) is 0 Å². The number of ether oxygens (including phenoxy) is 2. The summed E-state index contributed by atoms with van der Waals surface area (Å²) >= 11 is 0. The van der Waals surface area contributed by atoms with E-state index in [2.05, 4.69) is 26.1 Å². The molecular weight excluding hydrogens is 202 g/mol. The van der Waals surface area contributed by atoms with Crippen LogP contribution in [0.5, 0.6) is 0 Å². The summed E-state index contributed by atoms with van der Waals surface area (Å²) in [4.78, 5) is 0. The summed E-state index contributed by atoms with van der Waals surface area (Å²) in [7, 11) is 1.78. The lowest BCUT2D eigenvalue weighted by atomic mass is 9.97. The second-order valence-electron chi connectivity index (χ2n) is 5.53. The predicted molar refractivity (Wildman–Crippen MR) is 66.7 cm³/mol. The summed E-state index contributed by atoms with van der Waals surface area (Å²) in [5.74, 6) is 0.793. The van der Waals surface area contributed by atoms with Gasteiger partial charge in [0.1, 0.15) is 0 Å². The van der Waals surface area contributed by atoms with Crippen LogP contribution in [0.4, 0.5) is 0 Å². The fourth-order valence-corrected chi connectivity index (χ4v) is 2.21. The number of hydrogen-bond acceptors (Lipinski definition) is 3. The fourth-order valence-electron chi connectivity index (χ4n) is 2.21. The highest BCUT2D eigenvalue weighted by atomic mass is 16.5. The average molecular weight is 229 g/mol. The molecule has 0 amide bonds. The second-order valence-corrected chi connectivity index (χ2v) is 5.53. The lowest BCUT2D eigenvalue weighted by Gasteiger charge is -2.29. The zero-order valence-corrected chi connectivity index (χ0v) is 11.2. The van der Waals surface area contributed by atoms with Crippen LogP contribution in [0.3, 0.4) is 0 Å². The topological polar surface area (TPSA) is 30.5 Å². The van der Waals surface area contributed by atoms with Gasteiger partial charge in [-0.05, 0) is 52.5 Å². The molecule has 1 aliphatic heterocycles. The largest absolute Gasteiger partial charge is 0.381 e. The van der Waals surface area contributed by atoms with Crippen molar-refractivity contribution < 1.29 is 9.47 Å². The molecule has 16 heavy (non-hydrogen) atoms. The number of nitrogens with one attached hydrogen (secondary N) is 1. The minimum Gasteiger partial charge on any atom is -0.381 e. The molecule has 0 saturated carbocycles. The van der Waals surface area contributed by atoms with Gasteiger partial charge in [0.25, 0.3) is 0 Å². The maximum absolute atomic E-state index is 5.44. The summed E-state index contributed by atoms with van der Waals surface area (Å²) in [5.41, 5.74) is -0.0257. The quantitative estimate of drug-likeness (QED) is 0.757. The summed E-state index contributed by atoms with van der Waals surface area (Å²) in [5, 5.41) is 3.61. The smallest absolute Gasteiger partial charge is 0.0637 e. The molecule has 0 aromatic rings. The predicted octanol–water partition coefficient (Wildman–Crippen LogP) is 2.21. The van der Waals surface area contributed by atoms with Gasteiger partial charge in [0.15, 0.2) is 0 Å². The van der Waals surface area contributed by atoms with Crippen LogP contribution in [-0.4, -0.2) is 38.5 Å². The summed E-state index contributed by atoms with van der Waals surface area (Å²) in [6.07, 6.45) is 3.45. The van der Waals surface area contributed by atoms with Crippen LogP contribution in [0.25, 0.3) is 0 Å². The van der Waals surface area contributed by atoms with E-state index in [4.69, 9.17) is 9.47 Å². The van der Waals surface area contributed by atoms with E-state index >= 15 is 0 Å². The Labute approximate surface area is 99.9 Å². The molecule has 1 saturated heterocycles. The van der Waals surface area contributed by atoms with Crippen LogP contribution in [0.15, 0.2) is 0 Å². The lowest BCUT2D eigenvalue weighted by molar-refractivity contribution is 0.00738. The number of methoxy groups -OCH3 is 1. The number of hydrogen-bond donors (Lipinski definition) is 1. The third-order valence-corrected chi connectivity index (χ3v) is 3.45. The molecule has 1 rings (SSSR count). The van der Waals surface area contributed by atoms with E-state index in [1.54, 1.807) is 7.11 Å². The van der Waals surface area contributed by atoms with Gasteiger partial charge in [0.05, 0.1) is 5.60 Å². The molecule has 1 atom stereocenters. The van der Waals surface area contributed by atoms with Crippen LogP contribution in [0.1, 0.15) is 40.0 Å². The zero-order chi connectivity index (χ0) is 12.0. The van der Waals surface area contributed by atoms with Gasteiger partial charge >= 0.3 is 0 Å². The Hall–Kier alpha value is -0.120. The maximum Gasteiger partial charge on any atom is 0.0637 e. The fraction of sp³-hybridized carbons (Fsp3) is 1.00. The Kier molecular flexibility index (Phi) is 5.73. The highest BCUT2D eigenvalue weighted by molar-refractivity contribution is 4.76. The van der Waals surface area contributed by atoms with Gasteiger partial charge in [-0.25, -0.2) is 0 Å². The van der Waals surface area contributed by atoms with Crippen molar-refractivity contribution in [1.29, 1.82) is 0 Å². The maximum atomic E-state index is 5.44. The zero-order valence-electron chi connectivity index (χ0n) is 11.2. The van der Waals surface area contributed by atoms with E-state index in [-0.39, 0.29) is 5.60 Å². The van der Waals surface area contributed by atoms with Gasteiger partial charge in [-0.2, -0.15) is 0 Å². The molecule has 0 aromatic carbocycles. The van der Waals surface area contributed by atoms with Crippen molar-refractivity contribution in [3.05, 3.63) is 0 Å². The Balaban J connectivity index is 2.16. The molecule has 0 spiro atoms. The van der Waals surface area contributed by atoms with Crippen LogP contribution >= 0.6 is 0 Å². The van der Waals surface area contributed by atoms with Crippen molar-refractivity contribution in [3.63, 3.8) is 0 Å². The summed E-state index contributed by atoms with van der Waals surface area (Å²) in [6, 6.07) is 0.512. The molecule has 0 aromatic heterocycles. The molecule has 0 bridgehead atoms. The van der Waals surface area contributed by atoms with Crippen molar-refractivity contribution >= 4 is 0 Å². The highest BCUT2D eigenvalue weighted by Gasteiger charge is 2.21. The van der Waals surface area contributed by atoms with Gasteiger partial charge in [-0.3, -0.25) is 0 Å². The SMILES string of the molecule is COC(C)(C)CC(C)NCC1CCOCC1. The van der Waals surface area contributed by atoms with E-state index in [1.165, 1.54) is 12.8 Å². The number of rotatable bonds is 6. The van der Waals surface area contributed by atoms with Gasteiger partial charge < -0.3 is 14.8 Å². The third-order valence-electron chi connectivity index (χ3n) is 3.45. The molecule has 1 unspecified atom stereocenters. The Morgan fingerprint density at radius 2 is 2.00 bits per heavy atom. The van der Waals surface area contributed by atoms with Crippen molar-refractivity contribution in [2.45, 2.75) is 51.7 Å². The van der Waals surface area contributed by atoms with E-state index in [0.29, 0.717) is 6.04 Å². The summed E-state index contributed by atoms with van der Waals surface area (Å²) < 4.78 is 10.8. The second kappa shape index (κ2) is 6.58. The molecule has 0 radical (unpaired) electrons. The van der Waals surface area contributed by atoms with Crippen LogP contribution < -0.4 is 5.32 Å². The van der Waals surface area contributed by atoms with Crippen LogP contribution in [0, 0.1) is 5.92 Å². The molecule has 1 aliphatic rings. The Morgan fingerprint density at radius 1 is 1.38 bits per heavy atom. The van der Waals surface area contributed by atoms with Crippen LogP contribution in [-0.2, 0) is 9.47 Å². The third kappa shape index (κ3) is 5.28. The Morgan fingerprint density at radius 3 is 2.56 bits per heavy atom. The first kappa shape index (κ1) is 13.9. The summed E-state index contributed by atoms with van der Waals surface area (Å²) in [6.45, 7) is 9.50. The minimum atomic E-state index is -0.0257. The molecule has 1 heterocycles. The molecule has 3 nitrogen and oxygen atoms in total. The van der Waals surface area contributed by atoms with Gasteiger partial charge in [0.2, 0.25) is 0 Å². The first-order chi connectivity index (χ1) is 7.53. The molecular formula is C13H27NO2. The Bertz CT molecular complexity index is 188. The van der Waals surface area contributed by atoms with Crippen molar-refractivity contribution in [2.24, 2.45) is 5.92 Å². The monoisotopic (exact) mass is 229 g/mol. The first-order valence-electron chi connectivity index (χ1n) is 6.40. The van der Waals surface area contributed by atoms with Crippen molar-refractivity contribution in [1.82, 2.24) is 5.32 Å². The molecule has 96 valence electrons. The van der Waals surface area contributed by atoms with E-state index < -0.39 is 0 Å². The van der Waals surface area contributed by atoms with Crippen molar-refractivity contribution in [2.75, 3.05) is 26.9 Å². The van der Waals surface area contributed by atoms with Gasteiger partial charge in [-0.15, -0.1) is 0 Å². The van der Waals surface area contributed by atoms with E-state index in [9.17, 15) is 0 Å². The van der Waals surface area contributed by atoms with Crippen LogP contribution in [0.2, 0.25) is 0 Å². The normalized spacial score (nSPS) is 21.0. The lowest BCUT2D eigenvalue weighted by Crippen LogP contribution is -2.38. The van der Waals surface area contributed by atoms with E-state index in [0.717, 1.165) is 32.1 Å². The minimum absolute atomic E-state index is 0.0257. The molecule has 3 heteroatoms. The van der Waals surface area contributed by atoms with Gasteiger partial charge in [0, 0.05) is 26.4 Å². The standard InChI is InChI=1S/C13H27NO2/c1-11(9-13(2,3)15-4)14-10-12-5-7-16-8-6-12/h11-12,14H,5-10H2,1-4H3. The molecule has 0 aliphatic carbocycles. The van der Waals surface area contributed by atoms with E-state index in [1.807, 2.05) is 0 Å². The average Bonchev–Trinajstić information content (AvgIpc) is 2.27.